The largest absolute Gasteiger partial charge is 0.482 e. The molecular formula is C28H30O3S. The van der Waals surface area contributed by atoms with E-state index in [4.69, 9.17) is 9.84 Å². The molecule has 0 aromatic heterocycles. The van der Waals surface area contributed by atoms with Crippen LogP contribution in [0, 0.1) is 6.92 Å². The van der Waals surface area contributed by atoms with E-state index in [0.717, 1.165) is 29.1 Å². The van der Waals surface area contributed by atoms with Crippen molar-refractivity contribution in [2.24, 2.45) is 0 Å². The SMILES string of the molecule is CCc1cccc(C(=CCSc2ccc(OCC(=O)O)c(C)c2)c2cccc(CC)c2)c1. The molecule has 0 aliphatic heterocycles. The van der Waals surface area contributed by atoms with Gasteiger partial charge in [0.2, 0.25) is 0 Å². The standard InChI is InChI=1S/C28H30O3S/c1-4-21-8-6-10-23(17-21)26(24-11-7-9-22(5-2)18-24)14-15-32-25-12-13-27(20(3)16-25)31-19-28(29)30/h6-14,16-18H,4-5,15,19H2,1-3H3,(H,29,30). The number of rotatable bonds is 10. The van der Waals surface area contributed by atoms with Crippen LogP contribution in [0.2, 0.25) is 0 Å². The second-order valence-corrected chi connectivity index (χ2v) is 8.74. The number of carbonyl (C=O) groups is 1. The zero-order chi connectivity index (χ0) is 22.9. The molecule has 0 aliphatic carbocycles. The maximum Gasteiger partial charge on any atom is 0.341 e. The van der Waals surface area contributed by atoms with Gasteiger partial charge < -0.3 is 9.84 Å². The maximum absolute atomic E-state index is 10.7. The molecule has 166 valence electrons. The van der Waals surface area contributed by atoms with Crippen LogP contribution in [0.25, 0.3) is 5.57 Å². The first-order valence-electron chi connectivity index (χ1n) is 11.0. The molecule has 0 atom stereocenters. The Hall–Kier alpha value is -2.98. The molecular weight excluding hydrogens is 416 g/mol. The Bertz CT molecular complexity index is 1050. The quantitative estimate of drug-likeness (QED) is 0.348. The lowest BCUT2D eigenvalue weighted by Gasteiger charge is -2.12. The lowest BCUT2D eigenvalue weighted by molar-refractivity contribution is -0.139. The average Bonchev–Trinajstić information content (AvgIpc) is 2.81. The summed E-state index contributed by atoms with van der Waals surface area (Å²) in [5, 5.41) is 8.81. The minimum absolute atomic E-state index is 0.326. The van der Waals surface area contributed by atoms with Gasteiger partial charge in [0.05, 0.1) is 0 Å². The van der Waals surface area contributed by atoms with Crippen molar-refractivity contribution in [3.63, 3.8) is 0 Å². The van der Waals surface area contributed by atoms with Crippen LogP contribution >= 0.6 is 11.8 Å². The molecule has 0 unspecified atom stereocenters. The van der Waals surface area contributed by atoms with E-state index in [0.29, 0.717) is 5.75 Å². The molecule has 0 saturated carbocycles. The molecule has 32 heavy (non-hydrogen) atoms. The molecule has 0 fully saturated rings. The van der Waals surface area contributed by atoms with Crippen LogP contribution in [0.5, 0.6) is 5.75 Å². The highest BCUT2D eigenvalue weighted by Gasteiger charge is 2.08. The summed E-state index contributed by atoms with van der Waals surface area (Å²) in [5.41, 5.74) is 7.34. The van der Waals surface area contributed by atoms with E-state index >= 15 is 0 Å². The van der Waals surface area contributed by atoms with E-state index in [1.807, 2.05) is 25.1 Å². The van der Waals surface area contributed by atoms with Gasteiger partial charge in [-0.15, -0.1) is 11.8 Å². The molecule has 0 amide bonds. The third-order valence-electron chi connectivity index (χ3n) is 5.33. The number of aliphatic carboxylic acids is 1. The van der Waals surface area contributed by atoms with Crippen molar-refractivity contribution in [1.82, 2.24) is 0 Å². The first kappa shape index (κ1) is 23.7. The molecule has 1 N–H and O–H groups in total. The predicted molar refractivity (Wildman–Crippen MR) is 134 cm³/mol. The molecule has 3 rings (SSSR count). The van der Waals surface area contributed by atoms with Crippen molar-refractivity contribution >= 4 is 23.3 Å². The van der Waals surface area contributed by atoms with Crippen LogP contribution in [0.3, 0.4) is 0 Å². The van der Waals surface area contributed by atoms with Gasteiger partial charge in [-0.25, -0.2) is 4.79 Å². The van der Waals surface area contributed by atoms with E-state index in [9.17, 15) is 4.79 Å². The number of hydrogen-bond acceptors (Lipinski definition) is 3. The number of carboxylic acids is 1. The second-order valence-electron chi connectivity index (χ2n) is 7.65. The highest BCUT2D eigenvalue weighted by atomic mass is 32.2. The van der Waals surface area contributed by atoms with E-state index in [-0.39, 0.29) is 6.61 Å². The van der Waals surface area contributed by atoms with Crippen molar-refractivity contribution in [2.45, 2.75) is 38.5 Å². The van der Waals surface area contributed by atoms with Gasteiger partial charge >= 0.3 is 5.97 Å². The highest BCUT2D eigenvalue weighted by molar-refractivity contribution is 7.99. The molecule has 3 nitrogen and oxygen atoms in total. The van der Waals surface area contributed by atoms with Crippen LogP contribution in [0.15, 0.2) is 77.7 Å². The van der Waals surface area contributed by atoms with Gasteiger partial charge in [0, 0.05) is 10.6 Å². The normalized spacial score (nSPS) is 10.6. The van der Waals surface area contributed by atoms with E-state index < -0.39 is 5.97 Å². The van der Waals surface area contributed by atoms with E-state index in [2.05, 4.69) is 68.5 Å². The Morgan fingerprint density at radius 2 is 1.56 bits per heavy atom. The summed E-state index contributed by atoms with van der Waals surface area (Å²) in [7, 11) is 0. The summed E-state index contributed by atoms with van der Waals surface area (Å²) in [6.07, 6.45) is 4.33. The molecule has 3 aromatic rings. The fourth-order valence-electron chi connectivity index (χ4n) is 3.55. The third kappa shape index (κ3) is 6.51. The summed E-state index contributed by atoms with van der Waals surface area (Å²) in [6, 6.07) is 23.4. The molecule has 0 aliphatic rings. The summed E-state index contributed by atoms with van der Waals surface area (Å²) in [6.45, 7) is 5.98. The van der Waals surface area contributed by atoms with Gasteiger partial charge in [0.25, 0.3) is 0 Å². The molecule has 4 heteroatoms. The first-order chi connectivity index (χ1) is 15.5. The zero-order valence-electron chi connectivity index (χ0n) is 18.9. The van der Waals surface area contributed by atoms with Gasteiger partial charge in [-0.2, -0.15) is 0 Å². The van der Waals surface area contributed by atoms with Gasteiger partial charge in [0.1, 0.15) is 5.75 Å². The first-order valence-corrected chi connectivity index (χ1v) is 12.0. The summed E-state index contributed by atoms with van der Waals surface area (Å²) < 4.78 is 5.33. The maximum atomic E-state index is 10.7. The van der Waals surface area contributed by atoms with Crippen LogP contribution < -0.4 is 4.74 Å². The average molecular weight is 447 g/mol. The smallest absolute Gasteiger partial charge is 0.341 e. The summed E-state index contributed by atoms with van der Waals surface area (Å²) in [5.74, 6) is 0.470. The number of carboxylic acid groups (broad SMARTS) is 1. The number of hydrogen-bond donors (Lipinski definition) is 1. The van der Waals surface area contributed by atoms with Gasteiger partial charge in [-0.3, -0.25) is 0 Å². The fraction of sp³-hybridized carbons (Fsp3) is 0.250. The van der Waals surface area contributed by atoms with Crippen molar-refractivity contribution < 1.29 is 14.6 Å². The van der Waals surface area contributed by atoms with Crippen LogP contribution in [-0.4, -0.2) is 23.4 Å². The molecule has 3 aromatic carbocycles. The molecule has 0 heterocycles. The van der Waals surface area contributed by atoms with E-state index in [1.54, 1.807) is 11.8 Å². The van der Waals surface area contributed by atoms with Crippen LogP contribution in [0.1, 0.15) is 41.7 Å². The lowest BCUT2D eigenvalue weighted by atomic mass is 9.94. The van der Waals surface area contributed by atoms with Crippen molar-refractivity contribution in [2.75, 3.05) is 12.4 Å². The number of benzene rings is 3. The number of thioether (sulfide) groups is 1. The molecule has 0 saturated heterocycles. The Labute approximate surface area is 195 Å². The summed E-state index contributed by atoms with van der Waals surface area (Å²) >= 11 is 1.76. The topological polar surface area (TPSA) is 46.5 Å². The summed E-state index contributed by atoms with van der Waals surface area (Å²) in [4.78, 5) is 11.9. The van der Waals surface area contributed by atoms with Gasteiger partial charge in [0.15, 0.2) is 6.61 Å². The Kier molecular flexibility index (Phi) is 8.57. The minimum Gasteiger partial charge on any atom is -0.482 e. The van der Waals surface area contributed by atoms with Crippen LogP contribution in [0.4, 0.5) is 0 Å². The highest BCUT2D eigenvalue weighted by Crippen LogP contribution is 2.29. The third-order valence-corrected chi connectivity index (χ3v) is 6.25. The van der Waals surface area contributed by atoms with Gasteiger partial charge in [-0.1, -0.05) is 68.5 Å². The lowest BCUT2D eigenvalue weighted by Crippen LogP contribution is -2.09. The van der Waals surface area contributed by atoms with Crippen LogP contribution in [-0.2, 0) is 17.6 Å². The molecule has 0 spiro atoms. The van der Waals surface area contributed by atoms with Gasteiger partial charge in [-0.05, 0) is 71.4 Å². The zero-order valence-corrected chi connectivity index (χ0v) is 19.7. The number of aryl methyl sites for hydroxylation is 3. The molecule has 0 radical (unpaired) electrons. The number of ether oxygens (including phenoxy) is 1. The van der Waals surface area contributed by atoms with Crippen molar-refractivity contribution in [1.29, 1.82) is 0 Å². The minimum atomic E-state index is -0.972. The predicted octanol–water partition coefficient (Wildman–Crippen LogP) is 6.81. The van der Waals surface area contributed by atoms with Crippen molar-refractivity contribution in [3.8, 4) is 5.75 Å². The Morgan fingerprint density at radius 3 is 2.09 bits per heavy atom. The monoisotopic (exact) mass is 446 g/mol. The van der Waals surface area contributed by atoms with Crippen molar-refractivity contribution in [3.05, 3.63) is 101 Å². The Balaban J connectivity index is 1.83. The second kappa shape index (κ2) is 11.6. The Morgan fingerprint density at radius 1 is 0.938 bits per heavy atom. The fourth-order valence-corrected chi connectivity index (χ4v) is 4.42. The van der Waals surface area contributed by atoms with E-state index in [1.165, 1.54) is 27.8 Å². The molecule has 0 bridgehead atoms.